The van der Waals surface area contributed by atoms with Gasteiger partial charge in [0.2, 0.25) is 0 Å². The van der Waals surface area contributed by atoms with Crippen LogP contribution in [0.25, 0.3) is 0 Å². The van der Waals surface area contributed by atoms with Crippen molar-refractivity contribution in [1.82, 2.24) is 0 Å². The molecule has 1 saturated carbocycles. The van der Waals surface area contributed by atoms with Crippen LogP contribution in [-0.4, -0.2) is 27.9 Å². The molecule has 3 N–H and O–H groups in total. The molecular formula is C14H18O4. The Morgan fingerprint density at radius 3 is 2.44 bits per heavy atom. The Kier molecular flexibility index (Phi) is 3.68. The minimum atomic E-state index is -1.02. The number of hydrogen-bond acceptors (Lipinski definition) is 3. The number of hydrogen-bond donors (Lipinski definition) is 3. The highest BCUT2D eigenvalue weighted by molar-refractivity contribution is 5.82. The Bertz CT molecular complexity index is 435. The van der Waals surface area contributed by atoms with Crippen molar-refractivity contribution in [1.29, 1.82) is 0 Å². The lowest BCUT2D eigenvalue weighted by Crippen LogP contribution is -2.34. The van der Waals surface area contributed by atoms with Gasteiger partial charge >= 0.3 is 5.97 Å². The summed E-state index contributed by atoms with van der Waals surface area (Å²) in [6.45, 7) is -0.396. The molecule has 1 unspecified atom stereocenters. The summed E-state index contributed by atoms with van der Waals surface area (Å²) in [6.07, 6.45) is 1.94. The van der Waals surface area contributed by atoms with Crippen LogP contribution in [0.5, 0.6) is 0 Å². The number of aliphatic hydroxyl groups excluding tert-OH is 2. The Labute approximate surface area is 106 Å². The van der Waals surface area contributed by atoms with E-state index in [-0.39, 0.29) is 0 Å². The number of carbonyl (C=O) groups is 1. The summed E-state index contributed by atoms with van der Waals surface area (Å²) in [5, 5.41) is 28.5. The molecule has 18 heavy (non-hydrogen) atoms. The standard InChI is InChI=1S/C14H18O4/c15-9-12(16)10-5-1-2-6-11(10)14(13(17)18)7-3-4-8-14/h1-2,5-6,12,15-16H,3-4,7-9H2,(H,17,18). The molecule has 0 aromatic heterocycles. The second kappa shape index (κ2) is 5.08. The number of benzene rings is 1. The van der Waals surface area contributed by atoms with E-state index in [1.807, 2.05) is 0 Å². The molecule has 0 radical (unpaired) electrons. The van der Waals surface area contributed by atoms with Crippen molar-refractivity contribution < 1.29 is 20.1 Å². The first-order chi connectivity index (χ1) is 8.62. The van der Waals surface area contributed by atoms with Crippen LogP contribution in [0.4, 0.5) is 0 Å². The Morgan fingerprint density at radius 1 is 1.28 bits per heavy atom. The molecule has 0 bridgehead atoms. The fourth-order valence-electron chi connectivity index (χ4n) is 2.90. The van der Waals surface area contributed by atoms with E-state index in [9.17, 15) is 15.0 Å². The van der Waals surface area contributed by atoms with Gasteiger partial charge in [-0.1, -0.05) is 37.1 Å². The first kappa shape index (κ1) is 13.1. The Hall–Kier alpha value is -1.39. The minimum Gasteiger partial charge on any atom is -0.481 e. The van der Waals surface area contributed by atoms with Gasteiger partial charge in [-0.25, -0.2) is 0 Å². The zero-order chi connectivity index (χ0) is 13.2. The predicted molar refractivity (Wildman–Crippen MR) is 66.3 cm³/mol. The van der Waals surface area contributed by atoms with Gasteiger partial charge < -0.3 is 15.3 Å². The summed E-state index contributed by atoms with van der Waals surface area (Å²) in [6, 6.07) is 6.99. The zero-order valence-electron chi connectivity index (χ0n) is 10.2. The molecule has 2 rings (SSSR count). The third-order valence-corrected chi connectivity index (χ3v) is 3.87. The molecule has 1 aromatic carbocycles. The Balaban J connectivity index is 2.52. The molecule has 98 valence electrons. The lowest BCUT2D eigenvalue weighted by molar-refractivity contribution is -0.143. The second-order valence-corrected chi connectivity index (χ2v) is 4.88. The summed E-state index contributed by atoms with van der Waals surface area (Å²) in [7, 11) is 0. The van der Waals surface area contributed by atoms with Crippen LogP contribution >= 0.6 is 0 Å². The molecule has 0 saturated heterocycles. The van der Waals surface area contributed by atoms with E-state index in [4.69, 9.17) is 5.11 Å². The molecule has 1 fully saturated rings. The average molecular weight is 250 g/mol. The van der Waals surface area contributed by atoms with Crippen LogP contribution in [0.15, 0.2) is 24.3 Å². The van der Waals surface area contributed by atoms with Gasteiger partial charge in [0, 0.05) is 0 Å². The van der Waals surface area contributed by atoms with Gasteiger partial charge in [-0.15, -0.1) is 0 Å². The molecule has 0 amide bonds. The molecule has 1 atom stereocenters. The molecule has 0 aliphatic heterocycles. The fraction of sp³-hybridized carbons (Fsp3) is 0.500. The van der Waals surface area contributed by atoms with Crippen molar-refractivity contribution in [2.24, 2.45) is 0 Å². The highest BCUT2D eigenvalue weighted by atomic mass is 16.4. The second-order valence-electron chi connectivity index (χ2n) is 4.88. The van der Waals surface area contributed by atoms with Gasteiger partial charge in [0.1, 0.15) is 6.10 Å². The SMILES string of the molecule is O=C(O)C1(c2ccccc2C(O)CO)CCCC1. The van der Waals surface area contributed by atoms with E-state index in [1.54, 1.807) is 24.3 Å². The molecule has 0 heterocycles. The molecule has 4 nitrogen and oxygen atoms in total. The van der Waals surface area contributed by atoms with Crippen molar-refractivity contribution in [3.63, 3.8) is 0 Å². The van der Waals surface area contributed by atoms with E-state index in [0.29, 0.717) is 24.0 Å². The maximum Gasteiger partial charge on any atom is 0.314 e. The van der Waals surface area contributed by atoms with Crippen LogP contribution in [0, 0.1) is 0 Å². The lowest BCUT2D eigenvalue weighted by Gasteiger charge is -2.28. The number of carboxylic acids is 1. The number of aliphatic carboxylic acids is 1. The summed E-state index contributed by atoms with van der Waals surface area (Å²) < 4.78 is 0. The van der Waals surface area contributed by atoms with Crippen LogP contribution in [0.3, 0.4) is 0 Å². The molecule has 1 aliphatic rings. The Morgan fingerprint density at radius 2 is 1.89 bits per heavy atom. The maximum absolute atomic E-state index is 11.6. The van der Waals surface area contributed by atoms with Gasteiger partial charge in [0.15, 0.2) is 0 Å². The highest BCUT2D eigenvalue weighted by Gasteiger charge is 2.44. The van der Waals surface area contributed by atoms with Gasteiger partial charge in [-0.2, -0.15) is 0 Å². The van der Waals surface area contributed by atoms with Crippen LogP contribution in [0.2, 0.25) is 0 Å². The fourth-order valence-corrected chi connectivity index (χ4v) is 2.90. The number of rotatable bonds is 4. The van der Waals surface area contributed by atoms with Crippen molar-refractivity contribution in [2.75, 3.05) is 6.61 Å². The van der Waals surface area contributed by atoms with E-state index in [1.165, 1.54) is 0 Å². The minimum absolute atomic E-state index is 0.396. The van der Waals surface area contributed by atoms with Crippen LogP contribution in [0.1, 0.15) is 42.9 Å². The first-order valence-corrected chi connectivity index (χ1v) is 6.23. The normalized spacial score (nSPS) is 19.7. The topological polar surface area (TPSA) is 77.8 Å². The number of carboxylic acid groups (broad SMARTS) is 1. The predicted octanol–water partition coefficient (Wildman–Crippen LogP) is 1.61. The molecule has 1 aliphatic carbocycles. The van der Waals surface area contributed by atoms with E-state index in [2.05, 4.69) is 0 Å². The summed E-state index contributed by atoms with van der Waals surface area (Å²) in [5.74, 6) is -0.836. The van der Waals surface area contributed by atoms with E-state index < -0.39 is 24.1 Å². The van der Waals surface area contributed by atoms with Crippen molar-refractivity contribution in [2.45, 2.75) is 37.2 Å². The first-order valence-electron chi connectivity index (χ1n) is 6.23. The molecular weight excluding hydrogens is 232 g/mol. The summed E-state index contributed by atoms with van der Waals surface area (Å²) >= 11 is 0. The van der Waals surface area contributed by atoms with Gasteiger partial charge in [0.05, 0.1) is 12.0 Å². The highest BCUT2D eigenvalue weighted by Crippen LogP contribution is 2.43. The van der Waals surface area contributed by atoms with Crippen LogP contribution in [-0.2, 0) is 10.2 Å². The third kappa shape index (κ3) is 2.02. The van der Waals surface area contributed by atoms with Crippen LogP contribution < -0.4 is 0 Å². The third-order valence-electron chi connectivity index (χ3n) is 3.87. The van der Waals surface area contributed by atoms with Gasteiger partial charge in [-0.05, 0) is 24.0 Å². The monoisotopic (exact) mass is 250 g/mol. The zero-order valence-corrected chi connectivity index (χ0v) is 10.2. The van der Waals surface area contributed by atoms with Gasteiger partial charge in [0.25, 0.3) is 0 Å². The van der Waals surface area contributed by atoms with E-state index >= 15 is 0 Å². The average Bonchev–Trinajstić information content (AvgIpc) is 2.88. The largest absolute Gasteiger partial charge is 0.481 e. The van der Waals surface area contributed by atoms with Crippen molar-refractivity contribution >= 4 is 5.97 Å². The van der Waals surface area contributed by atoms with Crippen molar-refractivity contribution in [3.8, 4) is 0 Å². The maximum atomic E-state index is 11.6. The molecule has 0 spiro atoms. The smallest absolute Gasteiger partial charge is 0.314 e. The summed E-state index contributed by atoms with van der Waals surface area (Å²) in [5.41, 5.74) is 0.285. The summed E-state index contributed by atoms with van der Waals surface area (Å²) in [4.78, 5) is 11.6. The lowest BCUT2D eigenvalue weighted by atomic mass is 9.76. The van der Waals surface area contributed by atoms with Crippen molar-refractivity contribution in [3.05, 3.63) is 35.4 Å². The quantitative estimate of drug-likeness (QED) is 0.758. The van der Waals surface area contributed by atoms with E-state index in [0.717, 1.165) is 12.8 Å². The number of aliphatic hydroxyl groups is 2. The van der Waals surface area contributed by atoms with Gasteiger partial charge in [-0.3, -0.25) is 4.79 Å². The molecule has 4 heteroatoms. The molecule has 1 aromatic rings.